The molecule has 0 aliphatic rings. The summed E-state index contributed by atoms with van der Waals surface area (Å²) in [5, 5.41) is 3.60. The number of aryl methyl sites for hydroxylation is 2. The Hall–Kier alpha value is -1.12. The van der Waals surface area contributed by atoms with Crippen LogP contribution in [0.2, 0.25) is 0 Å². The second-order valence-corrected chi connectivity index (χ2v) is 6.28. The maximum atomic E-state index is 3.60. The van der Waals surface area contributed by atoms with Gasteiger partial charge in [-0.25, -0.2) is 0 Å². The molecule has 1 unspecified atom stereocenters. The van der Waals surface area contributed by atoms with E-state index in [1.165, 1.54) is 22.3 Å². The summed E-state index contributed by atoms with van der Waals surface area (Å²) < 4.78 is 1.13. The molecule has 0 aromatic heterocycles. The van der Waals surface area contributed by atoms with Crippen molar-refractivity contribution >= 4 is 15.9 Å². The lowest BCUT2D eigenvalue weighted by molar-refractivity contribution is 0.549. The SMILES string of the molecule is CCNC(Cc1ccc(Br)cc1)c1cc(C)cc(C)c1. The molecule has 1 nitrogen and oxygen atoms in total. The fraction of sp³-hybridized carbons (Fsp3) is 0.333. The third-order valence-corrected chi connectivity index (χ3v) is 3.98. The molecule has 2 rings (SSSR count). The minimum Gasteiger partial charge on any atom is -0.310 e. The minimum atomic E-state index is 0.375. The molecule has 0 radical (unpaired) electrons. The van der Waals surface area contributed by atoms with Gasteiger partial charge in [-0.3, -0.25) is 0 Å². The quantitative estimate of drug-likeness (QED) is 0.816. The van der Waals surface area contributed by atoms with Crippen LogP contribution in [0.3, 0.4) is 0 Å². The van der Waals surface area contributed by atoms with E-state index >= 15 is 0 Å². The molecule has 0 aliphatic carbocycles. The molecule has 2 aromatic carbocycles. The molecule has 1 N–H and O–H groups in total. The highest BCUT2D eigenvalue weighted by Gasteiger charge is 2.12. The van der Waals surface area contributed by atoms with Crippen LogP contribution in [0.4, 0.5) is 0 Å². The Morgan fingerprint density at radius 3 is 2.15 bits per heavy atom. The first kappa shape index (κ1) is 15.3. The van der Waals surface area contributed by atoms with Gasteiger partial charge in [-0.15, -0.1) is 0 Å². The highest BCUT2D eigenvalue weighted by atomic mass is 79.9. The van der Waals surface area contributed by atoms with E-state index in [1.54, 1.807) is 0 Å². The molecule has 0 saturated heterocycles. The summed E-state index contributed by atoms with van der Waals surface area (Å²) in [5.41, 5.74) is 5.41. The number of halogens is 1. The van der Waals surface area contributed by atoms with Crippen molar-refractivity contribution in [3.05, 3.63) is 69.2 Å². The van der Waals surface area contributed by atoms with Gasteiger partial charge in [0.15, 0.2) is 0 Å². The number of rotatable bonds is 5. The van der Waals surface area contributed by atoms with Crippen LogP contribution in [0.25, 0.3) is 0 Å². The minimum absolute atomic E-state index is 0.375. The van der Waals surface area contributed by atoms with E-state index in [0.717, 1.165) is 17.4 Å². The summed E-state index contributed by atoms with van der Waals surface area (Å²) in [7, 11) is 0. The molecule has 0 heterocycles. The lowest BCUT2D eigenvalue weighted by atomic mass is 9.96. The van der Waals surface area contributed by atoms with Crippen molar-refractivity contribution < 1.29 is 0 Å². The van der Waals surface area contributed by atoms with E-state index in [2.05, 4.69) is 84.5 Å². The van der Waals surface area contributed by atoms with E-state index in [0.29, 0.717) is 6.04 Å². The molecule has 0 spiro atoms. The van der Waals surface area contributed by atoms with E-state index in [-0.39, 0.29) is 0 Å². The monoisotopic (exact) mass is 331 g/mol. The van der Waals surface area contributed by atoms with E-state index in [9.17, 15) is 0 Å². The maximum absolute atomic E-state index is 3.60. The third kappa shape index (κ3) is 4.19. The molecule has 0 aliphatic heterocycles. The first-order valence-electron chi connectivity index (χ1n) is 7.14. The van der Waals surface area contributed by atoms with Gasteiger partial charge in [-0.1, -0.05) is 64.3 Å². The standard InChI is InChI=1S/C18H22BrN/c1-4-20-18(12-15-5-7-17(19)8-6-15)16-10-13(2)9-14(3)11-16/h5-11,18,20H,4,12H2,1-3H3. The van der Waals surface area contributed by atoms with Crippen LogP contribution in [0.5, 0.6) is 0 Å². The number of nitrogens with one attached hydrogen (secondary N) is 1. The van der Waals surface area contributed by atoms with Gasteiger partial charge < -0.3 is 5.32 Å². The average Bonchev–Trinajstić information content (AvgIpc) is 2.39. The van der Waals surface area contributed by atoms with Gasteiger partial charge >= 0.3 is 0 Å². The molecule has 106 valence electrons. The summed E-state index contributed by atoms with van der Waals surface area (Å²) >= 11 is 3.49. The van der Waals surface area contributed by atoms with Crippen LogP contribution in [-0.4, -0.2) is 6.54 Å². The first-order valence-corrected chi connectivity index (χ1v) is 7.94. The van der Waals surface area contributed by atoms with Crippen molar-refractivity contribution in [1.29, 1.82) is 0 Å². The molecular weight excluding hydrogens is 310 g/mol. The molecule has 0 saturated carbocycles. The van der Waals surface area contributed by atoms with Crippen LogP contribution in [0.15, 0.2) is 46.9 Å². The molecule has 1 atom stereocenters. The highest BCUT2D eigenvalue weighted by molar-refractivity contribution is 9.10. The van der Waals surface area contributed by atoms with Crippen LogP contribution < -0.4 is 5.32 Å². The molecular formula is C18H22BrN. The normalized spacial score (nSPS) is 12.4. The van der Waals surface area contributed by atoms with E-state index in [1.807, 2.05) is 0 Å². The zero-order valence-electron chi connectivity index (χ0n) is 12.4. The zero-order chi connectivity index (χ0) is 14.5. The fourth-order valence-electron chi connectivity index (χ4n) is 2.62. The number of hydrogen-bond acceptors (Lipinski definition) is 1. The van der Waals surface area contributed by atoms with Crippen LogP contribution in [-0.2, 0) is 6.42 Å². The summed E-state index contributed by atoms with van der Waals surface area (Å²) in [6.45, 7) is 7.48. The van der Waals surface area contributed by atoms with Crippen LogP contribution >= 0.6 is 15.9 Å². The first-order chi connectivity index (χ1) is 9.58. The number of hydrogen-bond donors (Lipinski definition) is 1. The van der Waals surface area contributed by atoms with Crippen molar-refractivity contribution in [2.75, 3.05) is 6.54 Å². The Morgan fingerprint density at radius 1 is 1.00 bits per heavy atom. The zero-order valence-corrected chi connectivity index (χ0v) is 14.0. The van der Waals surface area contributed by atoms with Crippen molar-refractivity contribution in [1.82, 2.24) is 5.32 Å². The van der Waals surface area contributed by atoms with E-state index < -0.39 is 0 Å². The van der Waals surface area contributed by atoms with Crippen molar-refractivity contribution in [2.24, 2.45) is 0 Å². The van der Waals surface area contributed by atoms with Crippen molar-refractivity contribution in [2.45, 2.75) is 33.2 Å². The second-order valence-electron chi connectivity index (χ2n) is 5.36. The fourth-order valence-corrected chi connectivity index (χ4v) is 2.89. The Morgan fingerprint density at radius 2 is 1.60 bits per heavy atom. The third-order valence-electron chi connectivity index (χ3n) is 3.45. The highest BCUT2D eigenvalue weighted by Crippen LogP contribution is 2.22. The van der Waals surface area contributed by atoms with Crippen molar-refractivity contribution in [3.63, 3.8) is 0 Å². The maximum Gasteiger partial charge on any atom is 0.0360 e. The molecule has 2 aromatic rings. The Bertz CT molecular complexity index is 540. The molecule has 0 amide bonds. The van der Waals surface area contributed by atoms with Gasteiger partial charge in [-0.2, -0.15) is 0 Å². The lowest BCUT2D eigenvalue weighted by Gasteiger charge is -2.20. The summed E-state index contributed by atoms with van der Waals surface area (Å²) in [6.07, 6.45) is 1.02. The topological polar surface area (TPSA) is 12.0 Å². The van der Waals surface area contributed by atoms with Gasteiger partial charge in [0.2, 0.25) is 0 Å². The van der Waals surface area contributed by atoms with Gasteiger partial charge in [0.25, 0.3) is 0 Å². The summed E-state index contributed by atoms with van der Waals surface area (Å²) in [4.78, 5) is 0. The average molecular weight is 332 g/mol. The van der Waals surface area contributed by atoms with Crippen LogP contribution in [0.1, 0.15) is 35.2 Å². The number of likely N-dealkylation sites (N-methyl/N-ethyl adjacent to an activating group) is 1. The van der Waals surface area contributed by atoms with Crippen LogP contribution in [0, 0.1) is 13.8 Å². The number of benzene rings is 2. The Balaban J connectivity index is 2.23. The summed E-state index contributed by atoms with van der Waals surface area (Å²) in [6, 6.07) is 15.8. The molecule has 0 bridgehead atoms. The largest absolute Gasteiger partial charge is 0.310 e. The van der Waals surface area contributed by atoms with Gasteiger partial charge in [0.05, 0.1) is 0 Å². The molecule has 0 fully saturated rings. The Labute approximate surface area is 130 Å². The van der Waals surface area contributed by atoms with E-state index in [4.69, 9.17) is 0 Å². The smallest absolute Gasteiger partial charge is 0.0360 e. The second kappa shape index (κ2) is 7.05. The lowest BCUT2D eigenvalue weighted by Crippen LogP contribution is -2.23. The Kier molecular flexibility index (Phi) is 5.38. The molecule has 20 heavy (non-hydrogen) atoms. The molecule has 2 heteroatoms. The van der Waals surface area contributed by atoms with Gasteiger partial charge in [0.1, 0.15) is 0 Å². The summed E-state index contributed by atoms with van der Waals surface area (Å²) in [5.74, 6) is 0. The predicted octanol–water partition coefficient (Wildman–Crippen LogP) is 4.96. The van der Waals surface area contributed by atoms with Gasteiger partial charge in [-0.05, 0) is 50.1 Å². The van der Waals surface area contributed by atoms with Crippen molar-refractivity contribution in [3.8, 4) is 0 Å². The van der Waals surface area contributed by atoms with Gasteiger partial charge in [0, 0.05) is 10.5 Å². The predicted molar refractivity (Wildman–Crippen MR) is 90.2 cm³/mol.